The number of hydrogen-bond acceptors (Lipinski definition) is 4. The van der Waals surface area contributed by atoms with Crippen molar-refractivity contribution in [3.8, 4) is 0 Å². The van der Waals surface area contributed by atoms with Gasteiger partial charge in [-0.15, -0.1) is 11.8 Å². The maximum absolute atomic E-state index is 5.64. The summed E-state index contributed by atoms with van der Waals surface area (Å²) in [6.45, 7) is 6.00. The van der Waals surface area contributed by atoms with Gasteiger partial charge in [0.15, 0.2) is 0 Å². The molecule has 1 aromatic carbocycles. The van der Waals surface area contributed by atoms with Gasteiger partial charge in [0, 0.05) is 35.8 Å². The summed E-state index contributed by atoms with van der Waals surface area (Å²) in [5.41, 5.74) is 1.33. The van der Waals surface area contributed by atoms with Gasteiger partial charge in [0.25, 0.3) is 0 Å². The zero-order valence-corrected chi connectivity index (χ0v) is 14.3. The Balaban J connectivity index is 1.39. The van der Waals surface area contributed by atoms with E-state index in [1.165, 1.54) is 29.7 Å². The van der Waals surface area contributed by atoms with Crippen LogP contribution in [0.25, 0.3) is 0 Å². The second kappa shape index (κ2) is 8.34. The van der Waals surface area contributed by atoms with Crippen molar-refractivity contribution < 1.29 is 4.74 Å². The van der Waals surface area contributed by atoms with Crippen LogP contribution >= 0.6 is 11.8 Å². The van der Waals surface area contributed by atoms with E-state index in [9.17, 15) is 0 Å². The third kappa shape index (κ3) is 4.48. The molecule has 122 valence electrons. The molecule has 1 saturated heterocycles. The second-order valence-electron chi connectivity index (χ2n) is 6.45. The monoisotopic (exact) mass is 320 g/mol. The number of morpholine rings is 1. The van der Waals surface area contributed by atoms with E-state index < -0.39 is 0 Å². The Hall–Kier alpha value is -0.550. The van der Waals surface area contributed by atoms with E-state index in [-0.39, 0.29) is 0 Å². The first-order valence-electron chi connectivity index (χ1n) is 8.57. The molecule has 1 aliphatic carbocycles. The van der Waals surface area contributed by atoms with Gasteiger partial charge in [-0.3, -0.25) is 0 Å². The fourth-order valence-corrected chi connectivity index (χ4v) is 4.42. The maximum Gasteiger partial charge on any atom is 0.0623 e. The zero-order chi connectivity index (χ0) is 15.2. The molecule has 3 nitrogen and oxygen atoms in total. The van der Waals surface area contributed by atoms with Crippen molar-refractivity contribution in [2.24, 2.45) is 5.92 Å². The summed E-state index contributed by atoms with van der Waals surface area (Å²) in [4.78, 5) is 1.37. The van der Waals surface area contributed by atoms with Gasteiger partial charge < -0.3 is 15.4 Å². The smallest absolute Gasteiger partial charge is 0.0623 e. The molecule has 2 aliphatic rings. The summed E-state index contributed by atoms with van der Waals surface area (Å²) in [5.74, 6) is 1.88. The molecule has 3 unspecified atom stereocenters. The molecule has 4 heteroatoms. The van der Waals surface area contributed by atoms with Gasteiger partial charge in [0.05, 0.1) is 13.2 Å². The second-order valence-corrected chi connectivity index (χ2v) is 7.62. The van der Waals surface area contributed by atoms with Crippen LogP contribution in [0.4, 0.5) is 0 Å². The van der Waals surface area contributed by atoms with Crippen LogP contribution in [0.2, 0.25) is 0 Å². The molecule has 0 bridgehead atoms. The van der Waals surface area contributed by atoms with Crippen LogP contribution in [0.1, 0.15) is 24.8 Å². The first-order chi connectivity index (χ1) is 10.8. The molecular formula is C18H28N2OS. The molecule has 2 N–H and O–H groups in total. The molecular weight excluding hydrogens is 292 g/mol. The van der Waals surface area contributed by atoms with E-state index in [0.29, 0.717) is 12.1 Å². The fraction of sp³-hybridized carbons (Fsp3) is 0.667. The summed E-state index contributed by atoms with van der Waals surface area (Å²) >= 11 is 1.95. The van der Waals surface area contributed by atoms with Crippen LogP contribution in [-0.2, 0) is 4.74 Å². The van der Waals surface area contributed by atoms with E-state index in [1.807, 2.05) is 11.8 Å². The molecule has 0 radical (unpaired) electrons. The van der Waals surface area contributed by atoms with Crippen LogP contribution < -0.4 is 10.6 Å². The van der Waals surface area contributed by atoms with Gasteiger partial charge >= 0.3 is 0 Å². The minimum absolute atomic E-state index is 0.554. The number of thioether (sulfide) groups is 1. The minimum Gasteiger partial charge on any atom is -0.379 e. The molecule has 0 aromatic heterocycles. The summed E-state index contributed by atoms with van der Waals surface area (Å²) in [5, 5.41) is 7.44. The molecule has 1 saturated carbocycles. The fourth-order valence-electron chi connectivity index (χ4n) is 3.63. The molecule has 22 heavy (non-hydrogen) atoms. The summed E-state index contributed by atoms with van der Waals surface area (Å²) in [6.07, 6.45) is 4.01. The number of benzene rings is 1. The molecule has 3 rings (SSSR count). The Labute approximate surface area is 138 Å². The van der Waals surface area contributed by atoms with Gasteiger partial charge in [0.1, 0.15) is 0 Å². The van der Waals surface area contributed by atoms with Crippen molar-refractivity contribution in [1.82, 2.24) is 10.6 Å². The van der Waals surface area contributed by atoms with Crippen LogP contribution in [-0.4, -0.2) is 44.1 Å². The lowest BCUT2D eigenvalue weighted by Crippen LogP contribution is -2.51. The van der Waals surface area contributed by atoms with Gasteiger partial charge in [-0.25, -0.2) is 0 Å². The van der Waals surface area contributed by atoms with Crippen molar-refractivity contribution in [2.45, 2.75) is 43.2 Å². The van der Waals surface area contributed by atoms with Crippen molar-refractivity contribution in [2.75, 3.05) is 32.1 Å². The Kier molecular flexibility index (Phi) is 6.19. The predicted molar refractivity (Wildman–Crippen MR) is 93.6 cm³/mol. The van der Waals surface area contributed by atoms with E-state index >= 15 is 0 Å². The lowest BCUT2D eigenvalue weighted by atomic mass is 9.94. The molecule has 2 fully saturated rings. The third-order valence-corrected chi connectivity index (χ3v) is 5.85. The van der Waals surface area contributed by atoms with Gasteiger partial charge in [-0.2, -0.15) is 0 Å². The van der Waals surface area contributed by atoms with E-state index in [0.717, 1.165) is 38.0 Å². The first kappa shape index (κ1) is 16.3. The van der Waals surface area contributed by atoms with Crippen molar-refractivity contribution in [3.63, 3.8) is 0 Å². The Bertz CT molecular complexity index is 445. The average Bonchev–Trinajstić information content (AvgIpc) is 3.02. The molecule has 0 spiro atoms. The largest absolute Gasteiger partial charge is 0.379 e. The summed E-state index contributed by atoms with van der Waals surface area (Å²) < 4.78 is 5.64. The predicted octanol–water partition coefficient (Wildman–Crippen LogP) is 2.83. The van der Waals surface area contributed by atoms with Gasteiger partial charge in [-0.1, -0.05) is 24.1 Å². The van der Waals surface area contributed by atoms with Crippen LogP contribution in [0, 0.1) is 12.8 Å². The highest BCUT2D eigenvalue weighted by Gasteiger charge is 2.34. The van der Waals surface area contributed by atoms with Crippen LogP contribution in [0.5, 0.6) is 0 Å². The Morgan fingerprint density at radius 3 is 2.91 bits per heavy atom. The number of hydrogen-bond donors (Lipinski definition) is 2. The number of rotatable bonds is 6. The minimum atomic E-state index is 0.554. The lowest BCUT2D eigenvalue weighted by molar-refractivity contribution is 0.0527. The van der Waals surface area contributed by atoms with Crippen molar-refractivity contribution >= 4 is 11.8 Å². The van der Waals surface area contributed by atoms with E-state index in [1.54, 1.807) is 0 Å². The highest BCUT2D eigenvalue weighted by Crippen LogP contribution is 2.29. The summed E-state index contributed by atoms with van der Waals surface area (Å²) in [7, 11) is 0. The van der Waals surface area contributed by atoms with Gasteiger partial charge in [0.2, 0.25) is 0 Å². The highest BCUT2D eigenvalue weighted by atomic mass is 32.2. The molecule has 0 amide bonds. The van der Waals surface area contributed by atoms with Crippen molar-refractivity contribution in [1.29, 1.82) is 0 Å². The lowest BCUT2D eigenvalue weighted by Gasteiger charge is -2.33. The third-order valence-electron chi connectivity index (χ3n) is 4.83. The topological polar surface area (TPSA) is 33.3 Å². The molecule has 3 atom stereocenters. The Morgan fingerprint density at radius 1 is 1.27 bits per heavy atom. The SMILES string of the molecule is Cc1ccc(SCCNC2CCCC2C2COCCN2)cc1. The first-order valence-corrected chi connectivity index (χ1v) is 9.55. The standard InChI is InChI=1S/C18H28N2OS/c1-14-5-7-15(8-6-14)22-12-10-20-17-4-2-3-16(17)18-13-21-11-9-19-18/h5-8,16-20H,2-4,9-13H2,1H3. The molecule has 1 aromatic rings. The molecule has 1 aliphatic heterocycles. The van der Waals surface area contributed by atoms with E-state index in [2.05, 4.69) is 41.8 Å². The number of aryl methyl sites for hydroxylation is 1. The Morgan fingerprint density at radius 2 is 2.14 bits per heavy atom. The van der Waals surface area contributed by atoms with E-state index in [4.69, 9.17) is 4.74 Å². The number of ether oxygens (including phenoxy) is 1. The van der Waals surface area contributed by atoms with Crippen LogP contribution in [0.3, 0.4) is 0 Å². The quantitative estimate of drug-likeness (QED) is 0.624. The van der Waals surface area contributed by atoms with Crippen LogP contribution in [0.15, 0.2) is 29.2 Å². The average molecular weight is 321 g/mol. The summed E-state index contributed by atoms with van der Waals surface area (Å²) in [6, 6.07) is 10.1. The number of nitrogens with one attached hydrogen (secondary N) is 2. The van der Waals surface area contributed by atoms with Crippen molar-refractivity contribution in [3.05, 3.63) is 29.8 Å². The zero-order valence-electron chi connectivity index (χ0n) is 13.5. The normalized spacial score (nSPS) is 28.9. The highest BCUT2D eigenvalue weighted by molar-refractivity contribution is 7.99. The van der Waals surface area contributed by atoms with Gasteiger partial charge in [-0.05, 0) is 37.8 Å². The maximum atomic E-state index is 5.64. The molecule has 1 heterocycles.